The number of carbonyl (C=O) groups excluding carboxylic acids is 2. The summed E-state index contributed by atoms with van der Waals surface area (Å²) in [5.41, 5.74) is 1.50. The zero-order chi connectivity index (χ0) is 21.6. The lowest BCUT2D eigenvalue weighted by Gasteiger charge is -2.39. The Labute approximate surface area is 178 Å². The number of nitrogens with zero attached hydrogens (tertiary/aromatic N) is 2. The Morgan fingerprint density at radius 1 is 0.933 bits per heavy atom. The third-order valence-electron chi connectivity index (χ3n) is 5.00. The van der Waals surface area contributed by atoms with Crippen LogP contribution in [0.15, 0.2) is 60.7 Å². The summed E-state index contributed by atoms with van der Waals surface area (Å²) in [6.45, 7) is 8.36. The summed E-state index contributed by atoms with van der Waals surface area (Å²) >= 11 is 0. The second-order valence-electron chi connectivity index (χ2n) is 8.52. The molecular formula is C24H31N3O3. The summed E-state index contributed by atoms with van der Waals surface area (Å²) in [7, 11) is 0. The van der Waals surface area contributed by atoms with Gasteiger partial charge in [-0.3, -0.25) is 9.69 Å². The first-order valence-electron chi connectivity index (χ1n) is 10.4. The number of hydrogen-bond acceptors (Lipinski definition) is 4. The van der Waals surface area contributed by atoms with Crippen molar-refractivity contribution in [3.05, 3.63) is 71.8 Å². The Morgan fingerprint density at radius 2 is 1.50 bits per heavy atom. The molecule has 2 amide bonds. The van der Waals surface area contributed by atoms with Crippen molar-refractivity contribution in [1.82, 2.24) is 15.1 Å². The molecule has 1 unspecified atom stereocenters. The van der Waals surface area contributed by atoms with E-state index in [-0.39, 0.29) is 12.0 Å². The number of piperazine rings is 1. The molecule has 0 bridgehead atoms. The zero-order valence-electron chi connectivity index (χ0n) is 18.0. The van der Waals surface area contributed by atoms with Gasteiger partial charge in [0.1, 0.15) is 11.6 Å². The molecule has 2 aromatic rings. The molecule has 0 saturated carbocycles. The van der Waals surface area contributed by atoms with Crippen LogP contribution in [0.5, 0.6) is 0 Å². The van der Waals surface area contributed by atoms with Crippen LogP contribution in [0.25, 0.3) is 0 Å². The molecule has 1 atom stereocenters. The van der Waals surface area contributed by atoms with Crippen LogP contribution in [-0.4, -0.2) is 53.6 Å². The van der Waals surface area contributed by atoms with Gasteiger partial charge in [-0.2, -0.15) is 0 Å². The second-order valence-corrected chi connectivity index (χ2v) is 8.52. The topological polar surface area (TPSA) is 61.9 Å². The lowest BCUT2D eigenvalue weighted by Crippen LogP contribution is -2.53. The lowest BCUT2D eigenvalue weighted by molar-refractivity contribution is -0.127. The molecule has 30 heavy (non-hydrogen) atoms. The molecule has 0 radical (unpaired) electrons. The van der Waals surface area contributed by atoms with E-state index in [0.717, 1.165) is 11.1 Å². The Balaban J connectivity index is 1.66. The van der Waals surface area contributed by atoms with E-state index < -0.39 is 11.6 Å². The highest BCUT2D eigenvalue weighted by atomic mass is 16.6. The highest BCUT2D eigenvalue weighted by molar-refractivity contribution is 5.83. The molecule has 6 heteroatoms. The van der Waals surface area contributed by atoms with Gasteiger partial charge in [0.25, 0.3) is 0 Å². The maximum Gasteiger partial charge on any atom is 0.410 e. The van der Waals surface area contributed by atoms with E-state index in [1.54, 1.807) is 4.90 Å². The molecule has 1 N–H and O–H groups in total. The first kappa shape index (κ1) is 21.8. The van der Waals surface area contributed by atoms with Crippen molar-refractivity contribution in [3.63, 3.8) is 0 Å². The van der Waals surface area contributed by atoms with Gasteiger partial charge in [-0.1, -0.05) is 60.7 Å². The lowest BCUT2D eigenvalue weighted by atomic mass is 10.0. The minimum Gasteiger partial charge on any atom is -0.444 e. The SMILES string of the molecule is CC(C)(C)OC(=O)N1CCN(C(C(=O)NCc2ccccc2)c2ccccc2)CC1. The van der Waals surface area contributed by atoms with E-state index in [2.05, 4.69) is 10.2 Å². The van der Waals surface area contributed by atoms with Crippen molar-refractivity contribution in [3.8, 4) is 0 Å². The molecule has 1 aliphatic rings. The first-order chi connectivity index (χ1) is 14.3. The molecule has 0 aliphatic carbocycles. The highest BCUT2D eigenvalue weighted by Crippen LogP contribution is 2.23. The molecule has 6 nitrogen and oxygen atoms in total. The minimum absolute atomic E-state index is 0.0317. The fourth-order valence-corrected chi connectivity index (χ4v) is 3.53. The monoisotopic (exact) mass is 409 g/mol. The van der Waals surface area contributed by atoms with Crippen LogP contribution in [0.3, 0.4) is 0 Å². The number of nitrogens with one attached hydrogen (secondary N) is 1. The van der Waals surface area contributed by atoms with Gasteiger partial charge in [-0.05, 0) is 31.9 Å². The molecule has 0 aromatic heterocycles. The Morgan fingerprint density at radius 3 is 2.07 bits per heavy atom. The fraction of sp³-hybridized carbons (Fsp3) is 0.417. The minimum atomic E-state index is -0.516. The van der Waals surface area contributed by atoms with Gasteiger partial charge in [0.05, 0.1) is 0 Å². The Kier molecular flexibility index (Phi) is 7.11. The summed E-state index contributed by atoms with van der Waals surface area (Å²) in [6.07, 6.45) is -0.299. The van der Waals surface area contributed by atoms with Crippen LogP contribution in [0.2, 0.25) is 0 Å². The first-order valence-corrected chi connectivity index (χ1v) is 10.4. The highest BCUT2D eigenvalue weighted by Gasteiger charge is 2.32. The summed E-state index contributed by atoms with van der Waals surface area (Å²) in [4.78, 5) is 29.4. The van der Waals surface area contributed by atoms with E-state index in [4.69, 9.17) is 4.74 Å². The van der Waals surface area contributed by atoms with Crippen LogP contribution in [0.1, 0.15) is 37.9 Å². The Bertz CT molecular complexity index is 826. The summed E-state index contributed by atoms with van der Waals surface area (Å²) in [5.74, 6) is -0.0317. The molecule has 1 fully saturated rings. The van der Waals surface area contributed by atoms with Crippen molar-refractivity contribution in [2.45, 2.75) is 39.0 Å². The number of carbonyl (C=O) groups is 2. The molecule has 1 saturated heterocycles. The van der Waals surface area contributed by atoms with Crippen LogP contribution < -0.4 is 5.32 Å². The average molecular weight is 410 g/mol. The van der Waals surface area contributed by atoms with Crippen molar-refractivity contribution >= 4 is 12.0 Å². The third kappa shape index (κ3) is 6.07. The van der Waals surface area contributed by atoms with E-state index in [1.807, 2.05) is 81.4 Å². The molecule has 1 aliphatic heterocycles. The van der Waals surface area contributed by atoms with E-state index in [1.165, 1.54) is 0 Å². The van der Waals surface area contributed by atoms with Crippen molar-refractivity contribution in [2.75, 3.05) is 26.2 Å². The van der Waals surface area contributed by atoms with Crippen LogP contribution in [0.4, 0.5) is 4.79 Å². The van der Waals surface area contributed by atoms with Gasteiger partial charge < -0.3 is 15.0 Å². The van der Waals surface area contributed by atoms with Crippen molar-refractivity contribution < 1.29 is 14.3 Å². The maximum atomic E-state index is 13.2. The second kappa shape index (κ2) is 9.76. The normalized spacial score (nSPS) is 16.0. The van der Waals surface area contributed by atoms with Gasteiger partial charge in [0, 0.05) is 32.7 Å². The van der Waals surface area contributed by atoms with Gasteiger partial charge in [-0.25, -0.2) is 4.79 Å². The molecule has 2 aromatic carbocycles. The number of hydrogen-bond donors (Lipinski definition) is 1. The van der Waals surface area contributed by atoms with E-state index >= 15 is 0 Å². The largest absolute Gasteiger partial charge is 0.444 e. The number of amides is 2. The standard InChI is InChI=1S/C24H31N3O3/c1-24(2,3)30-23(29)27-16-14-26(15-17-27)21(20-12-8-5-9-13-20)22(28)25-18-19-10-6-4-7-11-19/h4-13,21H,14-18H2,1-3H3,(H,25,28). The molecule has 0 spiro atoms. The van der Waals surface area contributed by atoms with Crippen molar-refractivity contribution in [2.24, 2.45) is 0 Å². The Hall–Kier alpha value is -2.86. The number of ether oxygens (including phenoxy) is 1. The zero-order valence-corrected chi connectivity index (χ0v) is 18.0. The van der Waals surface area contributed by atoms with Gasteiger partial charge in [0.2, 0.25) is 5.91 Å². The molecule has 160 valence electrons. The quantitative estimate of drug-likeness (QED) is 0.820. The predicted octanol–water partition coefficient (Wildman–Crippen LogP) is 3.60. The van der Waals surface area contributed by atoms with Gasteiger partial charge >= 0.3 is 6.09 Å². The van der Waals surface area contributed by atoms with Gasteiger partial charge in [-0.15, -0.1) is 0 Å². The number of rotatable bonds is 5. The molecule has 3 rings (SSSR count). The average Bonchev–Trinajstić information content (AvgIpc) is 2.73. The van der Waals surface area contributed by atoms with E-state index in [0.29, 0.717) is 32.7 Å². The van der Waals surface area contributed by atoms with Crippen LogP contribution in [-0.2, 0) is 16.1 Å². The van der Waals surface area contributed by atoms with Crippen LogP contribution >= 0.6 is 0 Å². The smallest absolute Gasteiger partial charge is 0.410 e. The fourth-order valence-electron chi connectivity index (χ4n) is 3.53. The van der Waals surface area contributed by atoms with Gasteiger partial charge in [0.15, 0.2) is 0 Å². The predicted molar refractivity (Wildman–Crippen MR) is 117 cm³/mol. The maximum absolute atomic E-state index is 13.2. The molecular weight excluding hydrogens is 378 g/mol. The summed E-state index contributed by atoms with van der Waals surface area (Å²) in [6, 6.07) is 19.3. The van der Waals surface area contributed by atoms with Crippen LogP contribution in [0, 0.1) is 0 Å². The molecule has 1 heterocycles. The summed E-state index contributed by atoms with van der Waals surface area (Å²) < 4.78 is 5.48. The summed E-state index contributed by atoms with van der Waals surface area (Å²) in [5, 5.41) is 3.07. The van der Waals surface area contributed by atoms with Crippen molar-refractivity contribution in [1.29, 1.82) is 0 Å². The van der Waals surface area contributed by atoms with E-state index in [9.17, 15) is 9.59 Å². The number of benzene rings is 2. The third-order valence-corrected chi connectivity index (χ3v) is 5.00.